The Morgan fingerprint density at radius 1 is 1.41 bits per heavy atom. The highest BCUT2D eigenvalue weighted by Gasteiger charge is 2.26. The van der Waals surface area contributed by atoms with Crippen LogP contribution in [-0.2, 0) is 9.59 Å². The minimum atomic E-state index is -0.156. The molecule has 5 heteroatoms. The lowest BCUT2D eigenvalue weighted by molar-refractivity contribution is -0.138. The van der Waals surface area contributed by atoms with Crippen LogP contribution in [0.5, 0.6) is 0 Å². The first-order valence-electron chi connectivity index (χ1n) is 7.88. The number of nitrogens with one attached hydrogen (secondary N) is 2. The molecule has 2 rings (SSSR count). The van der Waals surface area contributed by atoms with Crippen LogP contribution < -0.4 is 10.6 Å². The van der Waals surface area contributed by atoms with E-state index in [0.29, 0.717) is 13.1 Å². The topological polar surface area (TPSA) is 61.4 Å². The molecule has 1 aromatic carbocycles. The molecule has 0 aliphatic carbocycles. The minimum Gasteiger partial charge on any atom is -0.324 e. The third-order valence-electron chi connectivity index (χ3n) is 3.97. The Morgan fingerprint density at radius 3 is 2.82 bits per heavy atom. The third-order valence-corrected chi connectivity index (χ3v) is 3.97. The van der Waals surface area contributed by atoms with Gasteiger partial charge in [0.05, 0.1) is 6.67 Å². The summed E-state index contributed by atoms with van der Waals surface area (Å²) in [6.45, 7) is 6.63. The Hall–Kier alpha value is -1.88. The molecular formula is C17H25N3O2. The zero-order valence-corrected chi connectivity index (χ0v) is 13.6. The molecule has 1 fully saturated rings. The lowest BCUT2D eigenvalue weighted by Gasteiger charge is -2.32. The fourth-order valence-corrected chi connectivity index (χ4v) is 2.75. The summed E-state index contributed by atoms with van der Waals surface area (Å²) in [7, 11) is 0. The number of hydrogen-bond donors (Lipinski definition) is 2. The first-order valence-corrected chi connectivity index (χ1v) is 7.88. The van der Waals surface area contributed by atoms with Gasteiger partial charge in [0.15, 0.2) is 0 Å². The van der Waals surface area contributed by atoms with E-state index < -0.39 is 0 Å². The predicted octanol–water partition coefficient (Wildman–Crippen LogP) is 2.19. The Labute approximate surface area is 132 Å². The number of carbonyl (C=O) groups is 2. The predicted molar refractivity (Wildman–Crippen MR) is 87.6 cm³/mol. The average Bonchev–Trinajstić information content (AvgIpc) is 2.45. The van der Waals surface area contributed by atoms with E-state index in [4.69, 9.17) is 0 Å². The average molecular weight is 303 g/mol. The summed E-state index contributed by atoms with van der Waals surface area (Å²) in [6.07, 6.45) is 2.52. The Morgan fingerprint density at radius 2 is 2.18 bits per heavy atom. The largest absolute Gasteiger partial charge is 0.324 e. The number of hydrogen-bond acceptors (Lipinski definition) is 3. The van der Waals surface area contributed by atoms with Gasteiger partial charge in [-0.2, -0.15) is 0 Å². The van der Waals surface area contributed by atoms with Crippen LogP contribution in [0.2, 0.25) is 0 Å². The molecule has 0 radical (unpaired) electrons. The zero-order valence-electron chi connectivity index (χ0n) is 13.6. The van der Waals surface area contributed by atoms with Gasteiger partial charge in [0, 0.05) is 18.2 Å². The van der Waals surface area contributed by atoms with Crippen molar-refractivity contribution in [2.75, 3.05) is 18.5 Å². The maximum Gasteiger partial charge on any atom is 0.244 e. The molecule has 1 aromatic rings. The number of nitrogens with zero attached hydrogens (tertiary/aromatic N) is 1. The van der Waals surface area contributed by atoms with Crippen molar-refractivity contribution in [3.05, 3.63) is 29.3 Å². The Kier molecular flexibility index (Phi) is 5.55. The second-order valence-corrected chi connectivity index (χ2v) is 6.01. The second-order valence-electron chi connectivity index (χ2n) is 6.01. The van der Waals surface area contributed by atoms with Crippen molar-refractivity contribution in [2.24, 2.45) is 0 Å². The quantitative estimate of drug-likeness (QED) is 0.876. The van der Waals surface area contributed by atoms with Crippen LogP contribution in [0, 0.1) is 13.8 Å². The molecule has 1 atom stereocenters. The lowest BCUT2D eigenvalue weighted by Crippen LogP contribution is -2.52. The molecule has 1 unspecified atom stereocenters. The van der Waals surface area contributed by atoms with Crippen molar-refractivity contribution >= 4 is 17.5 Å². The zero-order chi connectivity index (χ0) is 16.1. The van der Waals surface area contributed by atoms with E-state index in [0.717, 1.165) is 29.7 Å². The molecule has 1 heterocycles. The van der Waals surface area contributed by atoms with Crippen molar-refractivity contribution in [3.63, 3.8) is 0 Å². The van der Waals surface area contributed by atoms with Crippen LogP contribution in [0.3, 0.4) is 0 Å². The molecule has 0 saturated carbocycles. The van der Waals surface area contributed by atoms with Gasteiger partial charge in [-0.05, 0) is 31.9 Å². The molecule has 2 amide bonds. The Bertz CT molecular complexity index is 557. The van der Waals surface area contributed by atoms with Gasteiger partial charge in [-0.25, -0.2) is 0 Å². The first kappa shape index (κ1) is 16.5. The summed E-state index contributed by atoms with van der Waals surface area (Å²) in [6, 6.07) is 6.14. The molecule has 1 aliphatic heterocycles. The van der Waals surface area contributed by atoms with Gasteiger partial charge in [-0.3, -0.25) is 14.9 Å². The summed E-state index contributed by atoms with van der Waals surface area (Å²) in [5.41, 5.74) is 2.99. The molecule has 0 spiro atoms. The fraction of sp³-hybridized carbons (Fsp3) is 0.529. The summed E-state index contributed by atoms with van der Waals surface area (Å²) in [4.78, 5) is 25.8. The SMILES string of the molecule is CCCC1CC(=O)N(CC(=O)Nc2ccc(C)cc2C)CN1. The van der Waals surface area contributed by atoms with Crippen molar-refractivity contribution < 1.29 is 9.59 Å². The van der Waals surface area contributed by atoms with Crippen LogP contribution >= 0.6 is 0 Å². The highest BCUT2D eigenvalue weighted by molar-refractivity contribution is 5.95. The smallest absolute Gasteiger partial charge is 0.244 e. The molecule has 22 heavy (non-hydrogen) atoms. The van der Waals surface area contributed by atoms with Crippen LogP contribution in [-0.4, -0.2) is 36.0 Å². The second kappa shape index (κ2) is 7.40. The number of carbonyl (C=O) groups excluding carboxylic acids is 2. The van der Waals surface area contributed by atoms with Gasteiger partial charge in [-0.15, -0.1) is 0 Å². The van der Waals surface area contributed by atoms with Crippen molar-refractivity contribution in [2.45, 2.75) is 46.1 Å². The van der Waals surface area contributed by atoms with Crippen LogP contribution in [0.1, 0.15) is 37.3 Å². The van der Waals surface area contributed by atoms with Crippen molar-refractivity contribution in [1.29, 1.82) is 0 Å². The van der Waals surface area contributed by atoms with Crippen LogP contribution in [0.25, 0.3) is 0 Å². The van der Waals surface area contributed by atoms with Gasteiger partial charge >= 0.3 is 0 Å². The van der Waals surface area contributed by atoms with E-state index >= 15 is 0 Å². The van der Waals surface area contributed by atoms with Gasteiger partial charge in [-0.1, -0.05) is 31.0 Å². The van der Waals surface area contributed by atoms with Crippen LogP contribution in [0.15, 0.2) is 18.2 Å². The third kappa shape index (κ3) is 4.31. The van der Waals surface area contributed by atoms with Crippen molar-refractivity contribution in [1.82, 2.24) is 10.2 Å². The highest BCUT2D eigenvalue weighted by atomic mass is 16.2. The van der Waals surface area contributed by atoms with E-state index in [1.54, 1.807) is 4.90 Å². The van der Waals surface area contributed by atoms with E-state index in [9.17, 15) is 9.59 Å². The molecule has 2 N–H and O–H groups in total. The maximum atomic E-state index is 12.1. The summed E-state index contributed by atoms with van der Waals surface area (Å²) < 4.78 is 0. The van der Waals surface area contributed by atoms with Crippen LogP contribution in [0.4, 0.5) is 5.69 Å². The molecule has 0 aromatic heterocycles. The molecular weight excluding hydrogens is 278 g/mol. The van der Waals surface area contributed by atoms with Gasteiger partial charge in [0.2, 0.25) is 11.8 Å². The molecule has 5 nitrogen and oxygen atoms in total. The summed E-state index contributed by atoms with van der Waals surface area (Å²) >= 11 is 0. The first-order chi connectivity index (χ1) is 10.5. The van der Waals surface area contributed by atoms with Gasteiger partial charge in [0.25, 0.3) is 0 Å². The lowest BCUT2D eigenvalue weighted by atomic mass is 10.1. The number of aryl methyl sites for hydroxylation is 2. The normalized spacial score (nSPS) is 18.4. The van der Waals surface area contributed by atoms with E-state index in [1.165, 1.54) is 0 Å². The number of benzene rings is 1. The molecule has 0 bridgehead atoms. The molecule has 1 aliphatic rings. The highest BCUT2D eigenvalue weighted by Crippen LogP contribution is 2.16. The summed E-state index contributed by atoms with van der Waals surface area (Å²) in [5.74, 6) is -0.107. The molecule has 120 valence electrons. The maximum absolute atomic E-state index is 12.1. The number of anilines is 1. The van der Waals surface area contributed by atoms with E-state index in [-0.39, 0.29) is 24.4 Å². The molecule has 1 saturated heterocycles. The van der Waals surface area contributed by atoms with Gasteiger partial charge in [0.1, 0.15) is 6.54 Å². The minimum absolute atomic E-state index is 0.0491. The van der Waals surface area contributed by atoms with Gasteiger partial charge < -0.3 is 10.2 Å². The van der Waals surface area contributed by atoms with Crippen molar-refractivity contribution in [3.8, 4) is 0 Å². The summed E-state index contributed by atoms with van der Waals surface area (Å²) in [5, 5.41) is 6.19. The Balaban J connectivity index is 1.88. The standard InChI is InChI=1S/C17H25N3O2/c1-4-5-14-9-17(22)20(11-18-14)10-16(21)19-15-7-6-12(2)8-13(15)3/h6-8,14,18H,4-5,9-11H2,1-3H3,(H,19,21). The number of amides is 2. The fourth-order valence-electron chi connectivity index (χ4n) is 2.75. The monoisotopic (exact) mass is 303 g/mol. The van der Waals surface area contributed by atoms with E-state index in [1.807, 2.05) is 32.0 Å². The number of rotatable bonds is 5. The van der Waals surface area contributed by atoms with E-state index in [2.05, 4.69) is 17.6 Å².